The third-order valence-electron chi connectivity index (χ3n) is 2.67. The molecule has 0 fully saturated rings. The van der Waals surface area contributed by atoms with E-state index in [9.17, 15) is 8.42 Å². The zero-order chi connectivity index (χ0) is 15.8. The van der Waals surface area contributed by atoms with Crippen molar-refractivity contribution >= 4 is 9.84 Å². The van der Waals surface area contributed by atoms with Gasteiger partial charge in [0.2, 0.25) is 0 Å². The fraction of sp³-hybridized carbons (Fsp3) is 1.00. The highest BCUT2D eigenvalue weighted by atomic mass is 32.2. The molecule has 0 aliphatic heterocycles. The first kappa shape index (κ1) is 20.1. The summed E-state index contributed by atoms with van der Waals surface area (Å²) in [7, 11) is -2.97. The van der Waals surface area contributed by atoms with Crippen molar-refractivity contribution < 1.29 is 17.9 Å². The number of hydrogen-bond acceptors (Lipinski definition) is 6. The Morgan fingerprint density at radius 3 is 2.29 bits per heavy atom. The summed E-state index contributed by atoms with van der Waals surface area (Å²) in [4.78, 5) is 2.60. The van der Waals surface area contributed by atoms with E-state index in [-0.39, 0.29) is 11.5 Å². The SMILES string of the molecule is [N-]=[N+]=NCCOCCOCCCS(=O)(=O)CCCCCN. The van der Waals surface area contributed by atoms with Crippen LogP contribution in [0.2, 0.25) is 0 Å². The second-order valence-corrected chi connectivity index (χ2v) is 6.84. The van der Waals surface area contributed by atoms with E-state index in [2.05, 4.69) is 10.0 Å². The summed E-state index contributed by atoms with van der Waals surface area (Å²) in [6.07, 6.45) is 2.91. The lowest BCUT2D eigenvalue weighted by molar-refractivity contribution is 0.0512. The van der Waals surface area contributed by atoms with Crippen LogP contribution in [0.5, 0.6) is 0 Å². The molecule has 0 bridgehead atoms. The first-order valence-electron chi connectivity index (χ1n) is 7.19. The minimum absolute atomic E-state index is 0.160. The number of nitrogens with two attached hydrogens (primary N) is 1. The zero-order valence-electron chi connectivity index (χ0n) is 12.4. The Bertz CT molecular complexity index is 383. The van der Waals surface area contributed by atoms with Crippen molar-refractivity contribution in [1.82, 2.24) is 0 Å². The minimum atomic E-state index is -2.97. The molecule has 0 radical (unpaired) electrons. The number of ether oxygens (including phenoxy) is 2. The highest BCUT2D eigenvalue weighted by Gasteiger charge is 2.09. The molecular formula is C12H26N4O4S. The van der Waals surface area contributed by atoms with Gasteiger partial charge in [-0.1, -0.05) is 11.5 Å². The minimum Gasteiger partial charge on any atom is -0.379 e. The van der Waals surface area contributed by atoms with Crippen molar-refractivity contribution in [3.63, 3.8) is 0 Å². The summed E-state index contributed by atoms with van der Waals surface area (Å²) < 4.78 is 33.8. The predicted molar refractivity (Wildman–Crippen MR) is 81.8 cm³/mol. The largest absolute Gasteiger partial charge is 0.379 e. The van der Waals surface area contributed by atoms with Gasteiger partial charge in [-0.3, -0.25) is 0 Å². The quantitative estimate of drug-likeness (QED) is 0.210. The Hall–Kier alpha value is -0.860. The van der Waals surface area contributed by atoms with Gasteiger partial charge in [0.05, 0.1) is 31.3 Å². The number of azide groups is 1. The maximum Gasteiger partial charge on any atom is 0.150 e. The standard InChI is InChI=1S/C12H26N4O4S/c13-5-2-1-3-11-21(17,18)12-4-7-19-9-10-20-8-6-15-16-14/h1-13H2. The molecule has 0 saturated heterocycles. The van der Waals surface area contributed by atoms with Crippen LogP contribution in [0.25, 0.3) is 10.4 Å². The summed E-state index contributed by atoms with van der Waals surface area (Å²) in [5, 5.41) is 3.32. The average Bonchev–Trinajstić information content (AvgIpc) is 2.45. The van der Waals surface area contributed by atoms with Crippen molar-refractivity contribution in [2.24, 2.45) is 10.8 Å². The van der Waals surface area contributed by atoms with Crippen LogP contribution < -0.4 is 5.73 Å². The van der Waals surface area contributed by atoms with Crippen molar-refractivity contribution in [3.8, 4) is 0 Å². The third kappa shape index (κ3) is 15.3. The molecule has 0 atom stereocenters. The molecule has 0 rings (SSSR count). The molecule has 0 aromatic rings. The molecular weight excluding hydrogens is 296 g/mol. The van der Waals surface area contributed by atoms with Gasteiger partial charge < -0.3 is 15.2 Å². The van der Waals surface area contributed by atoms with Crippen LogP contribution in [0, 0.1) is 0 Å². The average molecular weight is 322 g/mol. The molecule has 0 amide bonds. The van der Waals surface area contributed by atoms with Crippen LogP contribution in [-0.2, 0) is 19.3 Å². The lowest BCUT2D eigenvalue weighted by atomic mass is 10.2. The maximum absolute atomic E-state index is 11.7. The van der Waals surface area contributed by atoms with E-state index in [4.69, 9.17) is 20.7 Å². The topological polar surface area (TPSA) is 127 Å². The van der Waals surface area contributed by atoms with E-state index in [1.165, 1.54) is 0 Å². The van der Waals surface area contributed by atoms with Crippen LogP contribution in [-0.4, -0.2) is 59.4 Å². The predicted octanol–water partition coefficient (Wildman–Crippen LogP) is 1.26. The van der Waals surface area contributed by atoms with Crippen LogP contribution >= 0.6 is 0 Å². The molecule has 0 saturated carbocycles. The number of hydrogen-bond donors (Lipinski definition) is 1. The van der Waals surface area contributed by atoms with Crippen LogP contribution in [0.1, 0.15) is 25.7 Å². The van der Waals surface area contributed by atoms with Gasteiger partial charge in [0.1, 0.15) is 9.84 Å². The van der Waals surface area contributed by atoms with E-state index in [1.54, 1.807) is 0 Å². The van der Waals surface area contributed by atoms with E-state index >= 15 is 0 Å². The zero-order valence-corrected chi connectivity index (χ0v) is 13.3. The Labute approximate surface area is 126 Å². The van der Waals surface area contributed by atoms with Crippen LogP contribution in [0.4, 0.5) is 0 Å². The molecule has 2 N–H and O–H groups in total. The van der Waals surface area contributed by atoms with Crippen LogP contribution in [0.3, 0.4) is 0 Å². The normalized spacial score (nSPS) is 11.3. The number of unbranched alkanes of at least 4 members (excludes halogenated alkanes) is 2. The van der Waals surface area contributed by atoms with Gasteiger partial charge in [-0.2, -0.15) is 0 Å². The number of rotatable bonds is 15. The molecule has 0 aliphatic carbocycles. The van der Waals surface area contributed by atoms with Crippen molar-refractivity contribution in [2.45, 2.75) is 25.7 Å². The van der Waals surface area contributed by atoms with Gasteiger partial charge in [-0.25, -0.2) is 8.42 Å². The van der Waals surface area contributed by atoms with E-state index < -0.39 is 9.84 Å². The van der Waals surface area contributed by atoms with Gasteiger partial charge in [-0.05, 0) is 31.3 Å². The number of nitrogens with zero attached hydrogens (tertiary/aromatic N) is 3. The monoisotopic (exact) mass is 322 g/mol. The fourth-order valence-electron chi connectivity index (χ4n) is 1.60. The van der Waals surface area contributed by atoms with E-state index in [0.717, 1.165) is 12.8 Å². The highest BCUT2D eigenvalue weighted by molar-refractivity contribution is 7.91. The second-order valence-electron chi connectivity index (χ2n) is 4.53. The summed E-state index contributed by atoms with van der Waals surface area (Å²) >= 11 is 0. The van der Waals surface area contributed by atoms with Crippen LogP contribution in [0.15, 0.2) is 5.11 Å². The summed E-state index contributed by atoms with van der Waals surface area (Å²) in [6, 6.07) is 0. The molecule has 8 nitrogen and oxygen atoms in total. The van der Waals surface area contributed by atoms with Gasteiger partial charge in [0.15, 0.2) is 0 Å². The Kier molecular flexibility index (Phi) is 13.5. The lowest BCUT2D eigenvalue weighted by Gasteiger charge is -2.06. The van der Waals surface area contributed by atoms with Gasteiger partial charge in [0, 0.05) is 18.1 Å². The third-order valence-corrected chi connectivity index (χ3v) is 4.50. The Morgan fingerprint density at radius 2 is 1.62 bits per heavy atom. The number of sulfone groups is 1. The smallest absolute Gasteiger partial charge is 0.150 e. The molecule has 0 spiro atoms. The molecule has 0 aromatic heterocycles. The molecule has 0 aliphatic rings. The molecule has 21 heavy (non-hydrogen) atoms. The van der Waals surface area contributed by atoms with Gasteiger partial charge in [-0.15, -0.1) is 0 Å². The lowest BCUT2D eigenvalue weighted by Crippen LogP contribution is -2.14. The van der Waals surface area contributed by atoms with Crippen molar-refractivity contribution in [2.75, 3.05) is 51.0 Å². The second kappa shape index (κ2) is 14.1. The van der Waals surface area contributed by atoms with E-state index in [1.807, 2.05) is 0 Å². The first-order chi connectivity index (χ1) is 10.1. The molecule has 9 heteroatoms. The Morgan fingerprint density at radius 1 is 0.952 bits per heavy atom. The summed E-state index contributed by atoms with van der Waals surface area (Å²) in [5.41, 5.74) is 13.4. The van der Waals surface area contributed by atoms with Gasteiger partial charge in [0.25, 0.3) is 0 Å². The van der Waals surface area contributed by atoms with Crippen molar-refractivity contribution in [3.05, 3.63) is 10.4 Å². The Balaban J connectivity index is 3.38. The molecule has 0 heterocycles. The summed E-state index contributed by atoms with van der Waals surface area (Å²) in [5.74, 6) is 0.392. The van der Waals surface area contributed by atoms with Gasteiger partial charge >= 0.3 is 0 Å². The summed E-state index contributed by atoms with van der Waals surface area (Å²) in [6.45, 7) is 2.50. The van der Waals surface area contributed by atoms with E-state index in [0.29, 0.717) is 52.4 Å². The maximum atomic E-state index is 11.7. The molecule has 0 aromatic carbocycles. The highest BCUT2D eigenvalue weighted by Crippen LogP contribution is 2.02. The molecule has 0 unspecified atom stereocenters. The first-order valence-corrected chi connectivity index (χ1v) is 9.01. The molecule has 124 valence electrons. The van der Waals surface area contributed by atoms with Crippen molar-refractivity contribution in [1.29, 1.82) is 0 Å². The fourth-order valence-corrected chi connectivity index (χ4v) is 3.00.